The molecule has 1 atom stereocenters. The second-order valence-corrected chi connectivity index (χ2v) is 5.03. The average Bonchev–Trinajstić information content (AvgIpc) is 2.45. The van der Waals surface area contributed by atoms with Crippen molar-refractivity contribution in [1.29, 1.82) is 0 Å². The Bertz CT molecular complexity index is 601. The smallest absolute Gasteiger partial charge is 0.128 e. The Morgan fingerprint density at radius 1 is 1.15 bits per heavy atom. The number of nitrogens with zero attached hydrogens (tertiary/aromatic N) is 1. The van der Waals surface area contributed by atoms with Gasteiger partial charge in [0, 0.05) is 24.2 Å². The predicted octanol–water partition coefficient (Wildman–Crippen LogP) is 4.90. The molecule has 4 heteroatoms. The third-order valence-electron chi connectivity index (χ3n) is 3.44. The van der Waals surface area contributed by atoms with Crippen LogP contribution in [0.5, 0.6) is 0 Å². The molecule has 1 unspecified atom stereocenters. The fourth-order valence-corrected chi connectivity index (χ4v) is 2.31. The maximum Gasteiger partial charge on any atom is 0.128 e. The number of benzene rings is 2. The van der Waals surface area contributed by atoms with Crippen molar-refractivity contribution in [2.24, 2.45) is 0 Å². The average molecular weight is 296 g/mol. The van der Waals surface area contributed by atoms with Crippen LogP contribution in [-0.4, -0.2) is 7.05 Å². The van der Waals surface area contributed by atoms with E-state index >= 15 is 0 Å². The summed E-state index contributed by atoms with van der Waals surface area (Å²) in [5, 5.41) is 0. The van der Waals surface area contributed by atoms with E-state index in [1.54, 1.807) is 18.2 Å². The monoisotopic (exact) mass is 295 g/mol. The number of alkyl halides is 1. The molecule has 0 radical (unpaired) electrons. The van der Waals surface area contributed by atoms with Crippen LogP contribution in [0.15, 0.2) is 42.5 Å². The second-order valence-electron chi connectivity index (χ2n) is 4.76. The van der Waals surface area contributed by atoms with E-state index in [4.69, 9.17) is 11.6 Å². The van der Waals surface area contributed by atoms with Crippen molar-refractivity contribution in [2.45, 2.75) is 18.8 Å². The predicted molar refractivity (Wildman–Crippen MR) is 79.2 cm³/mol. The molecular weight excluding hydrogens is 280 g/mol. The maximum absolute atomic E-state index is 13.8. The Balaban J connectivity index is 2.33. The van der Waals surface area contributed by atoms with Gasteiger partial charge in [-0.3, -0.25) is 0 Å². The van der Waals surface area contributed by atoms with Crippen LogP contribution >= 0.6 is 11.6 Å². The Morgan fingerprint density at radius 3 is 2.50 bits per heavy atom. The normalized spacial score (nSPS) is 12.2. The standard InChI is InChI=1S/C16H16ClF2N/c1-11(15-5-3-4-6-16(15)19)20(2)14-8-12(10-17)7-13(18)9-14/h3-9,11H,10H2,1-2H3. The summed E-state index contributed by atoms with van der Waals surface area (Å²) in [5.74, 6) is -0.362. The zero-order valence-corrected chi connectivity index (χ0v) is 12.2. The number of hydrogen-bond acceptors (Lipinski definition) is 1. The van der Waals surface area contributed by atoms with Gasteiger partial charge in [-0.05, 0) is 36.8 Å². The van der Waals surface area contributed by atoms with Crippen LogP contribution in [0.2, 0.25) is 0 Å². The minimum atomic E-state index is -0.342. The van der Waals surface area contributed by atoms with Crippen LogP contribution in [0.4, 0.5) is 14.5 Å². The molecule has 0 aromatic heterocycles. The molecule has 2 rings (SSSR count). The zero-order valence-electron chi connectivity index (χ0n) is 11.4. The molecule has 0 N–H and O–H groups in total. The summed E-state index contributed by atoms with van der Waals surface area (Å²) < 4.78 is 27.4. The van der Waals surface area contributed by atoms with Crippen LogP contribution in [0.25, 0.3) is 0 Å². The van der Waals surface area contributed by atoms with E-state index in [-0.39, 0.29) is 23.6 Å². The van der Waals surface area contributed by atoms with E-state index in [2.05, 4.69) is 0 Å². The SMILES string of the molecule is CC(c1ccccc1F)N(C)c1cc(F)cc(CCl)c1. The number of hydrogen-bond donors (Lipinski definition) is 0. The van der Waals surface area contributed by atoms with E-state index in [0.717, 1.165) is 0 Å². The van der Waals surface area contributed by atoms with Gasteiger partial charge in [0.15, 0.2) is 0 Å². The molecule has 0 fully saturated rings. The number of rotatable bonds is 4. The van der Waals surface area contributed by atoms with E-state index in [9.17, 15) is 8.78 Å². The highest BCUT2D eigenvalue weighted by atomic mass is 35.5. The Kier molecular flexibility index (Phi) is 4.61. The summed E-state index contributed by atoms with van der Waals surface area (Å²) in [6.45, 7) is 1.88. The Morgan fingerprint density at radius 2 is 1.85 bits per heavy atom. The molecule has 0 bridgehead atoms. The Labute approximate surface area is 122 Å². The van der Waals surface area contributed by atoms with Crippen molar-refractivity contribution in [3.8, 4) is 0 Å². The van der Waals surface area contributed by atoms with Crippen LogP contribution in [0.1, 0.15) is 24.1 Å². The van der Waals surface area contributed by atoms with Gasteiger partial charge in [0.05, 0.1) is 6.04 Å². The van der Waals surface area contributed by atoms with Gasteiger partial charge in [-0.2, -0.15) is 0 Å². The van der Waals surface area contributed by atoms with Crippen molar-refractivity contribution >= 4 is 17.3 Å². The van der Waals surface area contributed by atoms with Crippen molar-refractivity contribution in [1.82, 2.24) is 0 Å². The fraction of sp³-hybridized carbons (Fsp3) is 0.250. The van der Waals surface area contributed by atoms with Gasteiger partial charge in [-0.1, -0.05) is 18.2 Å². The van der Waals surface area contributed by atoms with Gasteiger partial charge in [0.1, 0.15) is 11.6 Å². The van der Waals surface area contributed by atoms with Crippen LogP contribution in [-0.2, 0) is 5.88 Å². The number of halogens is 3. The zero-order chi connectivity index (χ0) is 14.7. The second kappa shape index (κ2) is 6.23. The number of anilines is 1. The van der Waals surface area contributed by atoms with Crippen molar-refractivity contribution < 1.29 is 8.78 Å². The largest absolute Gasteiger partial charge is 0.368 e. The van der Waals surface area contributed by atoms with Crippen molar-refractivity contribution in [3.63, 3.8) is 0 Å². The summed E-state index contributed by atoms with van der Waals surface area (Å²) in [5.41, 5.74) is 1.96. The topological polar surface area (TPSA) is 3.24 Å². The van der Waals surface area contributed by atoms with Crippen LogP contribution in [0, 0.1) is 11.6 Å². The highest BCUT2D eigenvalue weighted by Crippen LogP contribution is 2.28. The molecule has 1 nitrogen and oxygen atoms in total. The lowest BCUT2D eigenvalue weighted by Gasteiger charge is -2.28. The summed E-state index contributed by atoms with van der Waals surface area (Å²) in [6.07, 6.45) is 0. The van der Waals surface area contributed by atoms with Gasteiger partial charge >= 0.3 is 0 Å². The molecule has 0 aliphatic rings. The van der Waals surface area contributed by atoms with Gasteiger partial charge in [0.25, 0.3) is 0 Å². The lowest BCUT2D eigenvalue weighted by atomic mass is 10.1. The van der Waals surface area contributed by atoms with E-state index in [0.29, 0.717) is 16.8 Å². The molecule has 0 saturated heterocycles. The molecule has 0 heterocycles. The van der Waals surface area contributed by atoms with Gasteiger partial charge in [0.2, 0.25) is 0 Å². The van der Waals surface area contributed by atoms with E-state index < -0.39 is 0 Å². The van der Waals surface area contributed by atoms with Crippen LogP contribution in [0.3, 0.4) is 0 Å². The Hall–Kier alpha value is -1.61. The summed E-state index contributed by atoms with van der Waals surface area (Å²) in [7, 11) is 1.81. The lowest BCUT2D eigenvalue weighted by molar-refractivity contribution is 0.584. The molecule has 106 valence electrons. The van der Waals surface area contributed by atoms with Gasteiger partial charge in [-0.15, -0.1) is 11.6 Å². The summed E-state index contributed by atoms with van der Waals surface area (Å²) in [4.78, 5) is 1.83. The molecular formula is C16H16ClF2N. The lowest BCUT2D eigenvalue weighted by Crippen LogP contribution is -2.22. The minimum absolute atomic E-state index is 0.207. The van der Waals surface area contributed by atoms with Gasteiger partial charge < -0.3 is 4.90 Å². The molecule has 0 amide bonds. The first-order valence-corrected chi connectivity index (χ1v) is 6.89. The molecule has 20 heavy (non-hydrogen) atoms. The van der Waals surface area contributed by atoms with Crippen molar-refractivity contribution in [3.05, 3.63) is 65.2 Å². The summed E-state index contributed by atoms with van der Waals surface area (Å²) >= 11 is 5.75. The molecule has 0 aliphatic carbocycles. The third kappa shape index (κ3) is 3.10. The highest BCUT2D eigenvalue weighted by Gasteiger charge is 2.16. The van der Waals surface area contributed by atoms with Gasteiger partial charge in [-0.25, -0.2) is 8.78 Å². The fourth-order valence-electron chi connectivity index (χ4n) is 2.16. The molecule has 2 aromatic carbocycles. The van der Waals surface area contributed by atoms with Crippen molar-refractivity contribution in [2.75, 3.05) is 11.9 Å². The molecule has 2 aromatic rings. The highest BCUT2D eigenvalue weighted by molar-refractivity contribution is 6.17. The molecule has 0 spiro atoms. The maximum atomic E-state index is 13.8. The third-order valence-corrected chi connectivity index (χ3v) is 3.75. The first-order chi connectivity index (χ1) is 9.52. The first kappa shape index (κ1) is 14.8. The van der Waals surface area contributed by atoms with E-state index in [1.165, 1.54) is 18.2 Å². The van der Waals surface area contributed by atoms with Crippen LogP contribution < -0.4 is 4.90 Å². The summed E-state index contributed by atoms with van der Waals surface area (Å²) in [6, 6.07) is 11.0. The first-order valence-electron chi connectivity index (χ1n) is 6.35. The van der Waals surface area contributed by atoms with E-state index in [1.807, 2.05) is 24.9 Å². The molecule has 0 saturated carbocycles. The quantitative estimate of drug-likeness (QED) is 0.725. The molecule has 0 aliphatic heterocycles. The minimum Gasteiger partial charge on any atom is -0.368 e.